The second-order valence-electron chi connectivity index (χ2n) is 10.6. The average molecular weight is 452 g/mol. The molecule has 1 saturated carbocycles. The largest absolute Gasteiger partial charge is 0.493 e. The van der Waals surface area contributed by atoms with Gasteiger partial charge >= 0.3 is 5.97 Å². The summed E-state index contributed by atoms with van der Waals surface area (Å²) < 4.78 is 5.81. The average Bonchev–Trinajstić information content (AvgIpc) is 3.50. The van der Waals surface area contributed by atoms with Crippen molar-refractivity contribution in [1.82, 2.24) is 4.90 Å². The molecule has 0 amide bonds. The number of benzene rings is 3. The summed E-state index contributed by atoms with van der Waals surface area (Å²) in [5.74, 6) is 0.461. The Morgan fingerprint density at radius 1 is 1.06 bits per heavy atom. The number of hydrogen-bond donors (Lipinski definition) is 1. The Morgan fingerprint density at radius 2 is 1.88 bits per heavy atom. The van der Waals surface area contributed by atoms with E-state index in [1.807, 2.05) is 6.07 Å². The molecule has 2 aliphatic heterocycles. The van der Waals surface area contributed by atoms with Crippen molar-refractivity contribution in [3.63, 3.8) is 0 Å². The van der Waals surface area contributed by atoms with Crippen LogP contribution in [0.4, 0.5) is 0 Å². The van der Waals surface area contributed by atoms with Crippen LogP contribution >= 0.6 is 0 Å². The summed E-state index contributed by atoms with van der Waals surface area (Å²) in [4.78, 5) is 15.7. The summed E-state index contributed by atoms with van der Waals surface area (Å²) in [6, 6.07) is 25.8. The van der Waals surface area contributed by atoms with E-state index >= 15 is 0 Å². The SMILES string of the molecule is O=C(O)C12CN(Cc3ccccc3)CC1C1(c3ccc4c(c3)CCO4)CCC2c2ccccc21. The Kier molecular flexibility index (Phi) is 4.29. The fourth-order valence-corrected chi connectivity index (χ4v) is 7.97. The molecule has 1 N–H and O–H groups in total. The van der Waals surface area contributed by atoms with Crippen LogP contribution in [-0.2, 0) is 23.2 Å². The first-order chi connectivity index (χ1) is 16.6. The van der Waals surface area contributed by atoms with Crippen LogP contribution in [0.25, 0.3) is 0 Å². The molecule has 172 valence electrons. The van der Waals surface area contributed by atoms with Gasteiger partial charge in [-0.15, -0.1) is 0 Å². The maximum Gasteiger partial charge on any atom is 0.311 e. The third kappa shape index (κ3) is 2.55. The summed E-state index contributed by atoms with van der Waals surface area (Å²) in [5.41, 5.74) is 5.34. The van der Waals surface area contributed by atoms with Gasteiger partial charge < -0.3 is 9.84 Å². The molecule has 2 fully saturated rings. The number of aliphatic carboxylic acids is 1. The smallest absolute Gasteiger partial charge is 0.311 e. The van der Waals surface area contributed by atoms with E-state index in [0.717, 1.165) is 44.7 Å². The van der Waals surface area contributed by atoms with E-state index in [-0.39, 0.29) is 17.3 Å². The van der Waals surface area contributed by atoms with Gasteiger partial charge in [-0.2, -0.15) is 0 Å². The minimum Gasteiger partial charge on any atom is -0.493 e. The van der Waals surface area contributed by atoms with Crippen LogP contribution in [0.5, 0.6) is 5.75 Å². The molecule has 4 atom stereocenters. The maximum atomic E-state index is 13.3. The van der Waals surface area contributed by atoms with E-state index in [1.165, 1.54) is 27.8 Å². The maximum absolute atomic E-state index is 13.3. The molecule has 3 aromatic carbocycles. The molecule has 4 nitrogen and oxygen atoms in total. The lowest BCUT2D eigenvalue weighted by molar-refractivity contribution is -0.157. The molecule has 34 heavy (non-hydrogen) atoms. The molecule has 0 radical (unpaired) electrons. The van der Waals surface area contributed by atoms with E-state index in [1.54, 1.807) is 0 Å². The molecule has 3 aromatic rings. The quantitative estimate of drug-likeness (QED) is 0.606. The zero-order valence-corrected chi connectivity index (χ0v) is 19.2. The van der Waals surface area contributed by atoms with E-state index in [9.17, 15) is 9.90 Å². The number of ether oxygens (including phenoxy) is 1. The molecule has 2 bridgehead atoms. The predicted molar refractivity (Wildman–Crippen MR) is 130 cm³/mol. The van der Waals surface area contributed by atoms with Crippen LogP contribution < -0.4 is 4.74 Å². The highest BCUT2D eigenvalue weighted by Crippen LogP contribution is 2.69. The van der Waals surface area contributed by atoms with Crippen molar-refractivity contribution in [3.05, 3.63) is 101 Å². The Labute approximate surface area is 200 Å². The van der Waals surface area contributed by atoms with Crippen LogP contribution in [0.3, 0.4) is 0 Å². The molecular weight excluding hydrogens is 422 g/mol. The number of carboxylic acids is 1. The van der Waals surface area contributed by atoms with Gasteiger partial charge in [0.1, 0.15) is 5.75 Å². The van der Waals surface area contributed by atoms with Gasteiger partial charge in [0.05, 0.1) is 12.0 Å². The summed E-state index contributed by atoms with van der Waals surface area (Å²) in [6.45, 7) is 2.94. The topological polar surface area (TPSA) is 49.8 Å². The van der Waals surface area contributed by atoms with Crippen LogP contribution in [0, 0.1) is 11.3 Å². The van der Waals surface area contributed by atoms with Gasteiger partial charge in [0.2, 0.25) is 0 Å². The van der Waals surface area contributed by atoms with Crippen molar-refractivity contribution in [2.45, 2.75) is 37.1 Å². The highest BCUT2D eigenvalue weighted by Gasteiger charge is 2.70. The second-order valence-corrected chi connectivity index (χ2v) is 10.6. The first-order valence-corrected chi connectivity index (χ1v) is 12.5. The summed E-state index contributed by atoms with van der Waals surface area (Å²) >= 11 is 0. The molecule has 2 heterocycles. The summed E-state index contributed by atoms with van der Waals surface area (Å²) in [6.07, 6.45) is 2.86. The number of carboxylic acid groups (broad SMARTS) is 1. The molecule has 4 unspecified atom stereocenters. The zero-order valence-electron chi connectivity index (χ0n) is 19.2. The van der Waals surface area contributed by atoms with Crippen molar-refractivity contribution in [1.29, 1.82) is 0 Å². The number of likely N-dealkylation sites (tertiary alicyclic amines) is 1. The van der Waals surface area contributed by atoms with Crippen molar-refractivity contribution in [2.75, 3.05) is 19.7 Å². The number of fused-ring (bicyclic) bond motifs is 2. The van der Waals surface area contributed by atoms with Gasteiger partial charge in [-0.1, -0.05) is 66.7 Å². The first kappa shape index (κ1) is 20.3. The monoisotopic (exact) mass is 451 g/mol. The number of carbonyl (C=O) groups is 1. The highest BCUT2D eigenvalue weighted by atomic mass is 16.5. The lowest BCUT2D eigenvalue weighted by atomic mass is 9.42. The third-order valence-corrected chi connectivity index (χ3v) is 9.26. The standard InChI is InChI=1S/C30H29NO3/c32-28(33)30-19-31(17-20-6-2-1-3-7-20)18-27(30)29(22-10-11-26-21(16-22)13-15-34-26)14-12-25(30)23-8-4-5-9-24(23)29/h1-11,16,25,27H,12-15,17-19H2,(H,32,33). The van der Waals surface area contributed by atoms with Crippen molar-refractivity contribution in [3.8, 4) is 5.75 Å². The Balaban J connectivity index is 1.42. The van der Waals surface area contributed by atoms with Gasteiger partial charge in [0, 0.05) is 43.3 Å². The Hall–Kier alpha value is -3.11. The molecule has 5 aliphatic rings. The Morgan fingerprint density at radius 3 is 2.74 bits per heavy atom. The summed E-state index contributed by atoms with van der Waals surface area (Å²) in [5, 5.41) is 10.9. The number of rotatable bonds is 4. The normalized spacial score (nSPS) is 30.9. The third-order valence-electron chi connectivity index (χ3n) is 9.26. The molecule has 3 aliphatic carbocycles. The van der Waals surface area contributed by atoms with Gasteiger partial charge in [-0.3, -0.25) is 9.69 Å². The second kappa shape index (κ2) is 7.19. The molecule has 0 aromatic heterocycles. The molecular formula is C30H29NO3. The zero-order chi connectivity index (χ0) is 22.9. The minimum absolute atomic E-state index is 0.0373. The van der Waals surface area contributed by atoms with E-state index in [0.29, 0.717) is 6.54 Å². The van der Waals surface area contributed by atoms with E-state index in [2.05, 4.69) is 71.6 Å². The lowest BCUT2D eigenvalue weighted by Gasteiger charge is -2.59. The summed E-state index contributed by atoms with van der Waals surface area (Å²) in [7, 11) is 0. The van der Waals surface area contributed by atoms with E-state index in [4.69, 9.17) is 4.74 Å². The fourth-order valence-electron chi connectivity index (χ4n) is 7.97. The molecule has 8 rings (SSSR count). The van der Waals surface area contributed by atoms with Crippen LogP contribution in [0.2, 0.25) is 0 Å². The Bertz CT molecular complexity index is 1290. The van der Waals surface area contributed by atoms with E-state index < -0.39 is 11.4 Å². The first-order valence-electron chi connectivity index (χ1n) is 12.5. The van der Waals surface area contributed by atoms with Crippen molar-refractivity contribution in [2.24, 2.45) is 11.3 Å². The van der Waals surface area contributed by atoms with Crippen LogP contribution in [0.1, 0.15) is 46.6 Å². The van der Waals surface area contributed by atoms with Crippen LogP contribution in [0.15, 0.2) is 72.8 Å². The minimum atomic E-state index is -0.767. The van der Waals surface area contributed by atoms with Crippen molar-refractivity contribution < 1.29 is 14.6 Å². The van der Waals surface area contributed by atoms with Gasteiger partial charge in [0.25, 0.3) is 0 Å². The highest BCUT2D eigenvalue weighted by molar-refractivity contribution is 5.80. The van der Waals surface area contributed by atoms with Gasteiger partial charge in [-0.05, 0) is 46.7 Å². The van der Waals surface area contributed by atoms with Crippen molar-refractivity contribution >= 4 is 5.97 Å². The number of nitrogens with zero attached hydrogens (tertiary/aromatic N) is 1. The van der Waals surface area contributed by atoms with Crippen LogP contribution in [-0.4, -0.2) is 35.7 Å². The fraction of sp³-hybridized carbons (Fsp3) is 0.367. The number of hydrogen-bond acceptors (Lipinski definition) is 3. The van der Waals surface area contributed by atoms with Gasteiger partial charge in [0.15, 0.2) is 0 Å². The molecule has 4 heteroatoms. The molecule has 1 saturated heterocycles. The predicted octanol–water partition coefficient (Wildman–Crippen LogP) is 5.00. The van der Waals surface area contributed by atoms with Gasteiger partial charge in [-0.25, -0.2) is 0 Å². The molecule has 0 spiro atoms. The lowest BCUT2D eigenvalue weighted by Crippen LogP contribution is -2.60.